The molecule has 2 aromatic rings. The van der Waals surface area contributed by atoms with Crippen LogP contribution in [-0.2, 0) is 15.8 Å². The van der Waals surface area contributed by atoms with E-state index in [9.17, 15) is 8.42 Å². The number of rotatable bonds is 6. The van der Waals surface area contributed by atoms with Crippen molar-refractivity contribution in [2.24, 2.45) is 5.92 Å². The summed E-state index contributed by atoms with van der Waals surface area (Å²) in [7, 11) is -3.26. The highest BCUT2D eigenvalue weighted by atomic mass is 32.2. The second kappa shape index (κ2) is 8.02. The third-order valence-electron chi connectivity index (χ3n) is 4.79. The first-order chi connectivity index (χ1) is 12.0. The molecule has 0 amide bonds. The monoisotopic (exact) mass is 359 g/mol. The average Bonchev–Trinajstić information content (AvgIpc) is 2.63. The Kier molecular flexibility index (Phi) is 5.76. The summed E-state index contributed by atoms with van der Waals surface area (Å²) < 4.78 is 32.8. The summed E-state index contributed by atoms with van der Waals surface area (Å²) in [5.74, 6) is 1.37. The van der Waals surface area contributed by atoms with Crippen molar-refractivity contribution in [3.63, 3.8) is 0 Å². The Morgan fingerprint density at radius 1 is 1.00 bits per heavy atom. The molecule has 1 aliphatic rings. The van der Waals surface area contributed by atoms with E-state index in [-0.39, 0.29) is 5.75 Å². The molecule has 0 saturated carbocycles. The Morgan fingerprint density at radius 3 is 2.32 bits per heavy atom. The van der Waals surface area contributed by atoms with Gasteiger partial charge in [-0.15, -0.1) is 0 Å². The molecule has 1 saturated heterocycles. The van der Waals surface area contributed by atoms with Crippen LogP contribution in [0.4, 0.5) is 0 Å². The summed E-state index contributed by atoms with van der Waals surface area (Å²) in [5.41, 5.74) is 1.91. The second-order valence-electron chi connectivity index (χ2n) is 6.65. The molecule has 2 aromatic carbocycles. The third kappa shape index (κ3) is 4.83. The number of nitrogens with zero attached hydrogens (tertiary/aromatic N) is 1. The Labute approximate surface area is 150 Å². The largest absolute Gasteiger partial charge is 0.493 e. The van der Waals surface area contributed by atoms with Crippen molar-refractivity contribution in [2.45, 2.75) is 25.5 Å². The van der Waals surface area contributed by atoms with E-state index in [4.69, 9.17) is 4.74 Å². The van der Waals surface area contributed by atoms with Gasteiger partial charge in [-0.1, -0.05) is 42.5 Å². The molecule has 5 heteroatoms. The van der Waals surface area contributed by atoms with Gasteiger partial charge < -0.3 is 4.74 Å². The molecule has 0 atom stereocenters. The highest BCUT2D eigenvalue weighted by Gasteiger charge is 2.28. The zero-order chi connectivity index (χ0) is 17.7. The van der Waals surface area contributed by atoms with Crippen molar-refractivity contribution in [1.29, 1.82) is 0 Å². The molecule has 0 N–H and O–H groups in total. The smallest absolute Gasteiger partial charge is 0.218 e. The fraction of sp³-hybridized carbons (Fsp3) is 0.400. The van der Waals surface area contributed by atoms with Crippen LogP contribution < -0.4 is 4.74 Å². The van der Waals surface area contributed by atoms with Crippen LogP contribution in [0.1, 0.15) is 24.0 Å². The molecule has 1 aliphatic heterocycles. The molecule has 134 valence electrons. The minimum atomic E-state index is -3.26. The molecule has 0 unspecified atom stereocenters. The molecule has 0 aliphatic carbocycles. The van der Waals surface area contributed by atoms with E-state index < -0.39 is 10.0 Å². The molecule has 0 radical (unpaired) electrons. The predicted octanol–water partition coefficient (Wildman–Crippen LogP) is 3.62. The van der Waals surface area contributed by atoms with Gasteiger partial charge in [0, 0.05) is 13.1 Å². The van der Waals surface area contributed by atoms with E-state index in [0.29, 0.717) is 25.6 Å². The number of hydrogen-bond donors (Lipinski definition) is 0. The molecule has 0 aromatic heterocycles. The van der Waals surface area contributed by atoms with Gasteiger partial charge in [0.25, 0.3) is 0 Å². The summed E-state index contributed by atoms with van der Waals surface area (Å²) in [6.07, 6.45) is 1.69. The molecular formula is C20H25NO3S. The van der Waals surface area contributed by atoms with Crippen molar-refractivity contribution in [1.82, 2.24) is 4.31 Å². The average molecular weight is 359 g/mol. The lowest BCUT2D eigenvalue weighted by molar-refractivity contribution is 0.185. The summed E-state index contributed by atoms with van der Waals surface area (Å²) in [6, 6.07) is 17.4. The van der Waals surface area contributed by atoms with Crippen molar-refractivity contribution < 1.29 is 13.2 Å². The lowest BCUT2D eigenvalue weighted by atomic mass is 9.99. The van der Waals surface area contributed by atoms with Crippen LogP contribution in [0, 0.1) is 12.8 Å². The molecule has 4 nitrogen and oxygen atoms in total. The van der Waals surface area contributed by atoms with Crippen LogP contribution >= 0.6 is 0 Å². The van der Waals surface area contributed by atoms with E-state index >= 15 is 0 Å². The number of para-hydroxylation sites is 1. The summed E-state index contributed by atoms with van der Waals surface area (Å²) in [5, 5.41) is 0. The van der Waals surface area contributed by atoms with Crippen LogP contribution in [0.15, 0.2) is 54.6 Å². The summed E-state index contributed by atoms with van der Waals surface area (Å²) >= 11 is 0. The lowest BCUT2D eigenvalue weighted by Gasteiger charge is -2.31. The first kappa shape index (κ1) is 18.0. The maximum atomic E-state index is 12.7. The second-order valence-corrected chi connectivity index (χ2v) is 8.62. The standard InChI is InChI=1S/C20H25NO3S/c1-17-7-5-6-8-19(17)16-25(22,23)21-13-11-18(12-14-21)15-24-20-9-3-2-4-10-20/h2-10,18H,11-16H2,1H3. The first-order valence-corrected chi connectivity index (χ1v) is 10.4. The molecule has 0 spiro atoms. The number of ether oxygens (including phenoxy) is 1. The van der Waals surface area contributed by atoms with Gasteiger partial charge in [-0.25, -0.2) is 12.7 Å². The van der Waals surface area contributed by atoms with Gasteiger partial charge >= 0.3 is 0 Å². The van der Waals surface area contributed by atoms with Crippen LogP contribution in [-0.4, -0.2) is 32.4 Å². The highest BCUT2D eigenvalue weighted by molar-refractivity contribution is 7.88. The number of hydrogen-bond acceptors (Lipinski definition) is 3. The zero-order valence-electron chi connectivity index (χ0n) is 14.6. The minimum absolute atomic E-state index is 0.0882. The van der Waals surface area contributed by atoms with Gasteiger partial charge in [0.15, 0.2) is 0 Å². The molecule has 0 bridgehead atoms. The highest BCUT2D eigenvalue weighted by Crippen LogP contribution is 2.23. The Balaban J connectivity index is 1.52. The fourth-order valence-electron chi connectivity index (χ4n) is 3.14. The van der Waals surface area contributed by atoms with E-state index in [1.54, 1.807) is 4.31 Å². The van der Waals surface area contributed by atoms with E-state index in [1.165, 1.54) is 0 Å². The number of sulfonamides is 1. The minimum Gasteiger partial charge on any atom is -0.493 e. The molecule has 1 heterocycles. The molecular weight excluding hydrogens is 334 g/mol. The summed E-state index contributed by atoms with van der Waals surface area (Å²) in [6.45, 7) is 3.77. The molecule has 25 heavy (non-hydrogen) atoms. The van der Waals surface area contributed by atoms with Crippen molar-refractivity contribution in [3.05, 3.63) is 65.7 Å². The topological polar surface area (TPSA) is 46.6 Å². The van der Waals surface area contributed by atoms with Gasteiger partial charge in [-0.05, 0) is 48.9 Å². The van der Waals surface area contributed by atoms with Gasteiger partial charge in [0.05, 0.1) is 12.4 Å². The maximum Gasteiger partial charge on any atom is 0.218 e. The van der Waals surface area contributed by atoms with Crippen LogP contribution in [0.25, 0.3) is 0 Å². The zero-order valence-corrected chi connectivity index (χ0v) is 15.4. The maximum absolute atomic E-state index is 12.7. The van der Waals surface area contributed by atoms with Crippen molar-refractivity contribution >= 4 is 10.0 Å². The Hall–Kier alpha value is -1.85. The quantitative estimate of drug-likeness (QED) is 0.791. The Morgan fingerprint density at radius 2 is 1.64 bits per heavy atom. The van der Waals surface area contributed by atoms with Gasteiger partial charge in [-0.2, -0.15) is 0 Å². The van der Waals surface area contributed by atoms with Gasteiger partial charge in [0.1, 0.15) is 5.75 Å². The predicted molar refractivity (Wildman–Crippen MR) is 100 cm³/mol. The number of piperidine rings is 1. The normalized spacial score (nSPS) is 16.7. The van der Waals surface area contributed by atoms with E-state index in [0.717, 1.165) is 29.7 Å². The fourth-order valence-corrected chi connectivity index (χ4v) is 4.81. The van der Waals surface area contributed by atoms with E-state index in [2.05, 4.69) is 0 Å². The van der Waals surface area contributed by atoms with Crippen LogP contribution in [0.2, 0.25) is 0 Å². The van der Waals surface area contributed by atoms with Gasteiger partial charge in [0.2, 0.25) is 10.0 Å². The summed E-state index contributed by atoms with van der Waals surface area (Å²) in [4.78, 5) is 0. The first-order valence-electron chi connectivity index (χ1n) is 8.75. The van der Waals surface area contributed by atoms with Gasteiger partial charge in [-0.3, -0.25) is 0 Å². The SMILES string of the molecule is Cc1ccccc1CS(=O)(=O)N1CCC(COc2ccccc2)CC1. The molecule has 3 rings (SSSR count). The van der Waals surface area contributed by atoms with Crippen molar-refractivity contribution in [3.8, 4) is 5.75 Å². The number of aryl methyl sites for hydroxylation is 1. The van der Waals surface area contributed by atoms with Crippen LogP contribution in [0.3, 0.4) is 0 Å². The van der Waals surface area contributed by atoms with Crippen molar-refractivity contribution in [2.75, 3.05) is 19.7 Å². The molecule has 1 fully saturated rings. The van der Waals surface area contributed by atoms with Crippen LogP contribution in [0.5, 0.6) is 5.75 Å². The third-order valence-corrected chi connectivity index (χ3v) is 6.62. The number of benzene rings is 2. The lowest BCUT2D eigenvalue weighted by Crippen LogP contribution is -2.40. The van der Waals surface area contributed by atoms with E-state index in [1.807, 2.05) is 61.5 Å². The Bertz CT molecular complexity index is 782.